The number of nitrogens with zero attached hydrogens (tertiary/aromatic N) is 2. The van der Waals surface area contributed by atoms with Crippen LogP contribution < -0.4 is 5.73 Å². The number of aromatic nitrogens is 2. The summed E-state index contributed by atoms with van der Waals surface area (Å²) in [5, 5.41) is 4.47. The van der Waals surface area contributed by atoms with Gasteiger partial charge in [0.25, 0.3) is 0 Å². The van der Waals surface area contributed by atoms with Gasteiger partial charge < -0.3 is 5.73 Å². The smallest absolute Gasteiger partial charge is 0.115 e. The molecule has 0 unspecified atom stereocenters. The summed E-state index contributed by atoms with van der Waals surface area (Å²) in [6.45, 7) is 5.09. The third-order valence-electron chi connectivity index (χ3n) is 2.88. The van der Waals surface area contributed by atoms with E-state index in [2.05, 4.69) is 43.2 Å². The lowest BCUT2D eigenvalue weighted by Crippen LogP contribution is -1.94. The van der Waals surface area contributed by atoms with Crippen LogP contribution in [0.15, 0.2) is 30.5 Å². The highest BCUT2D eigenvalue weighted by Crippen LogP contribution is 2.24. The highest BCUT2D eigenvalue weighted by atomic mass is 15.3. The van der Waals surface area contributed by atoms with Crippen molar-refractivity contribution in [3.05, 3.63) is 36.0 Å². The van der Waals surface area contributed by atoms with Crippen molar-refractivity contribution in [2.24, 2.45) is 0 Å². The van der Waals surface area contributed by atoms with Crippen molar-refractivity contribution in [3.8, 4) is 11.3 Å². The van der Waals surface area contributed by atoms with Gasteiger partial charge in [-0.1, -0.05) is 37.6 Å². The molecule has 2 rings (SSSR count). The van der Waals surface area contributed by atoms with E-state index in [1.54, 1.807) is 0 Å². The second-order valence-corrected chi connectivity index (χ2v) is 4.24. The maximum absolute atomic E-state index is 5.96. The summed E-state index contributed by atoms with van der Waals surface area (Å²) in [5.41, 5.74) is 10.0. The van der Waals surface area contributed by atoms with Crippen LogP contribution in [0, 0.1) is 0 Å². The Labute approximate surface area is 102 Å². The Balaban J connectivity index is 2.29. The maximum Gasteiger partial charge on any atom is 0.115 e. The summed E-state index contributed by atoms with van der Waals surface area (Å²) in [6.07, 6.45) is 4.18. The van der Waals surface area contributed by atoms with Crippen LogP contribution in [0.4, 0.5) is 5.69 Å². The summed E-state index contributed by atoms with van der Waals surface area (Å²) in [7, 11) is 0. The minimum Gasteiger partial charge on any atom is -0.396 e. The lowest BCUT2D eigenvalue weighted by atomic mass is 10.1. The molecule has 3 nitrogen and oxygen atoms in total. The molecule has 0 fully saturated rings. The molecule has 0 aliphatic rings. The molecule has 0 spiro atoms. The molecule has 0 aliphatic heterocycles. The predicted octanol–water partition coefficient (Wildman–Crippen LogP) is 3.10. The minimum atomic E-state index is 0.745. The van der Waals surface area contributed by atoms with Crippen LogP contribution in [0.25, 0.3) is 11.3 Å². The third kappa shape index (κ3) is 2.49. The number of nitrogen functional groups attached to an aromatic ring is 1. The SMILES string of the molecule is CCCc1ccc(-c2nn(CC)cc2N)cc1. The molecule has 1 heterocycles. The Morgan fingerprint density at radius 2 is 1.88 bits per heavy atom. The Bertz CT molecular complexity index is 483. The number of anilines is 1. The highest BCUT2D eigenvalue weighted by molar-refractivity contribution is 5.71. The van der Waals surface area contributed by atoms with Crippen LogP contribution in [-0.4, -0.2) is 9.78 Å². The largest absolute Gasteiger partial charge is 0.396 e. The minimum absolute atomic E-state index is 0.745. The molecule has 1 aromatic carbocycles. The molecule has 17 heavy (non-hydrogen) atoms. The van der Waals surface area contributed by atoms with E-state index in [-0.39, 0.29) is 0 Å². The average Bonchev–Trinajstić information content (AvgIpc) is 2.72. The van der Waals surface area contributed by atoms with Crippen molar-refractivity contribution >= 4 is 5.69 Å². The fourth-order valence-electron chi connectivity index (χ4n) is 1.94. The van der Waals surface area contributed by atoms with Crippen molar-refractivity contribution < 1.29 is 0 Å². The summed E-state index contributed by atoms with van der Waals surface area (Å²) in [6, 6.07) is 8.51. The Morgan fingerprint density at radius 1 is 1.18 bits per heavy atom. The predicted molar refractivity (Wildman–Crippen MR) is 71.7 cm³/mol. The molecule has 0 atom stereocenters. The van der Waals surface area contributed by atoms with Crippen molar-refractivity contribution in [2.45, 2.75) is 33.2 Å². The van der Waals surface area contributed by atoms with Crippen molar-refractivity contribution in [1.29, 1.82) is 0 Å². The number of rotatable bonds is 4. The van der Waals surface area contributed by atoms with Crippen LogP contribution in [0.3, 0.4) is 0 Å². The van der Waals surface area contributed by atoms with Gasteiger partial charge >= 0.3 is 0 Å². The first-order chi connectivity index (χ1) is 8.24. The first-order valence-corrected chi connectivity index (χ1v) is 6.16. The monoisotopic (exact) mass is 229 g/mol. The molecule has 90 valence electrons. The number of hydrogen-bond acceptors (Lipinski definition) is 2. The van der Waals surface area contributed by atoms with Crippen molar-refractivity contribution in [1.82, 2.24) is 9.78 Å². The second-order valence-electron chi connectivity index (χ2n) is 4.24. The van der Waals surface area contributed by atoms with E-state index in [0.717, 1.165) is 29.9 Å². The molecule has 0 amide bonds. The van der Waals surface area contributed by atoms with Gasteiger partial charge in [-0.2, -0.15) is 5.10 Å². The third-order valence-corrected chi connectivity index (χ3v) is 2.88. The van der Waals surface area contributed by atoms with Crippen LogP contribution in [-0.2, 0) is 13.0 Å². The van der Waals surface area contributed by atoms with Crippen LogP contribution in [0.5, 0.6) is 0 Å². The molecule has 0 aliphatic carbocycles. The molecular formula is C14H19N3. The first-order valence-electron chi connectivity index (χ1n) is 6.16. The zero-order valence-corrected chi connectivity index (χ0v) is 10.5. The molecule has 1 aromatic heterocycles. The van der Waals surface area contributed by atoms with Gasteiger partial charge in [0.15, 0.2) is 0 Å². The summed E-state index contributed by atoms with van der Waals surface area (Å²) in [5.74, 6) is 0. The molecule has 0 saturated carbocycles. The highest BCUT2D eigenvalue weighted by Gasteiger charge is 2.07. The van der Waals surface area contributed by atoms with Gasteiger partial charge in [-0.15, -0.1) is 0 Å². The van der Waals surface area contributed by atoms with Gasteiger partial charge in [0.05, 0.1) is 5.69 Å². The van der Waals surface area contributed by atoms with Gasteiger partial charge in [-0.05, 0) is 18.9 Å². The standard InChI is InChI=1S/C14H19N3/c1-3-5-11-6-8-12(9-7-11)14-13(15)10-17(4-2)16-14/h6-10H,3-5,15H2,1-2H3. The number of aryl methyl sites for hydroxylation is 2. The molecule has 3 heteroatoms. The normalized spacial score (nSPS) is 10.7. The second kappa shape index (κ2) is 5.04. The lowest BCUT2D eigenvalue weighted by molar-refractivity contribution is 0.662. The summed E-state index contributed by atoms with van der Waals surface area (Å²) < 4.78 is 1.87. The number of hydrogen-bond donors (Lipinski definition) is 1. The summed E-state index contributed by atoms with van der Waals surface area (Å²) >= 11 is 0. The molecule has 0 radical (unpaired) electrons. The van der Waals surface area contributed by atoms with Gasteiger partial charge in [0, 0.05) is 18.3 Å². The van der Waals surface area contributed by atoms with E-state index in [1.165, 1.54) is 12.0 Å². The molecular weight excluding hydrogens is 210 g/mol. The van der Waals surface area contributed by atoms with Gasteiger partial charge in [0.1, 0.15) is 5.69 Å². The number of nitrogens with two attached hydrogens (primary N) is 1. The maximum atomic E-state index is 5.96. The van der Waals surface area contributed by atoms with Crippen molar-refractivity contribution in [3.63, 3.8) is 0 Å². The van der Waals surface area contributed by atoms with E-state index in [1.807, 2.05) is 10.9 Å². The fraction of sp³-hybridized carbons (Fsp3) is 0.357. The van der Waals surface area contributed by atoms with E-state index in [9.17, 15) is 0 Å². The van der Waals surface area contributed by atoms with Gasteiger partial charge in [-0.3, -0.25) is 4.68 Å². The van der Waals surface area contributed by atoms with Crippen LogP contribution >= 0.6 is 0 Å². The zero-order chi connectivity index (χ0) is 12.3. The van der Waals surface area contributed by atoms with Crippen molar-refractivity contribution in [2.75, 3.05) is 5.73 Å². The average molecular weight is 229 g/mol. The van der Waals surface area contributed by atoms with Gasteiger partial charge in [-0.25, -0.2) is 0 Å². The Kier molecular flexibility index (Phi) is 3.47. The molecule has 2 aromatic rings. The van der Waals surface area contributed by atoms with Gasteiger partial charge in [0.2, 0.25) is 0 Å². The fourth-order valence-corrected chi connectivity index (χ4v) is 1.94. The van der Waals surface area contributed by atoms with E-state index in [0.29, 0.717) is 0 Å². The molecule has 2 N–H and O–H groups in total. The molecule has 0 saturated heterocycles. The first kappa shape index (κ1) is 11.7. The van der Waals surface area contributed by atoms with Crippen LogP contribution in [0.2, 0.25) is 0 Å². The molecule has 0 bridgehead atoms. The van der Waals surface area contributed by atoms with E-state index < -0.39 is 0 Å². The Hall–Kier alpha value is -1.77. The zero-order valence-electron chi connectivity index (χ0n) is 10.5. The summed E-state index contributed by atoms with van der Waals surface area (Å²) in [4.78, 5) is 0. The van der Waals surface area contributed by atoms with Crippen LogP contribution in [0.1, 0.15) is 25.8 Å². The number of benzene rings is 1. The van der Waals surface area contributed by atoms with E-state index in [4.69, 9.17) is 5.73 Å². The van der Waals surface area contributed by atoms with E-state index >= 15 is 0 Å². The Morgan fingerprint density at radius 3 is 2.41 bits per heavy atom. The lowest BCUT2D eigenvalue weighted by Gasteiger charge is -2.01. The topological polar surface area (TPSA) is 43.8 Å². The quantitative estimate of drug-likeness (QED) is 0.875.